The number of ether oxygens (including phenoxy) is 1. The standard InChI is InChI=1S/C7H13ClO2/c1-2-7(9)10-6-4-3-5-8/h2-6H2,1H3. The molecule has 0 aromatic rings. The first-order valence-electron chi connectivity index (χ1n) is 3.52. The molecule has 0 unspecified atom stereocenters. The van der Waals surface area contributed by atoms with Gasteiger partial charge in [0.05, 0.1) is 6.61 Å². The number of rotatable bonds is 5. The fourth-order valence-corrected chi connectivity index (χ4v) is 0.674. The Morgan fingerprint density at radius 2 is 2.20 bits per heavy atom. The summed E-state index contributed by atoms with van der Waals surface area (Å²) in [6.45, 7) is 2.29. The third-order valence-electron chi connectivity index (χ3n) is 1.08. The lowest BCUT2D eigenvalue weighted by Crippen LogP contribution is -2.03. The van der Waals surface area contributed by atoms with Crippen LogP contribution >= 0.6 is 11.6 Å². The predicted octanol–water partition coefficient (Wildman–Crippen LogP) is 1.96. The fraction of sp³-hybridized carbons (Fsp3) is 0.857. The minimum absolute atomic E-state index is 0.130. The number of halogens is 1. The molecule has 0 aliphatic rings. The Labute approximate surface area is 66.5 Å². The Kier molecular flexibility index (Phi) is 6.71. The molecule has 3 heteroatoms. The highest BCUT2D eigenvalue weighted by molar-refractivity contribution is 6.17. The number of alkyl halides is 1. The smallest absolute Gasteiger partial charge is 0.305 e. The first kappa shape index (κ1) is 9.76. The Bertz CT molecular complexity index is 93.6. The van der Waals surface area contributed by atoms with Crippen molar-refractivity contribution >= 4 is 17.6 Å². The summed E-state index contributed by atoms with van der Waals surface area (Å²) in [5, 5.41) is 0. The van der Waals surface area contributed by atoms with E-state index in [0.717, 1.165) is 12.8 Å². The Morgan fingerprint density at radius 1 is 1.50 bits per heavy atom. The van der Waals surface area contributed by atoms with Crippen molar-refractivity contribution in [3.05, 3.63) is 0 Å². The van der Waals surface area contributed by atoms with Crippen molar-refractivity contribution in [2.24, 2.45) is 0 Å². The maximum Gasteiger partial charge on any atom is 0.305 e. The zero-order chi connectivity index (χ0) is 7.82. The van der Waals surface area contributed by atoms with Crippen LogP contribution in [0.25, 0.3) is 0 Å². The summed E-state index contributed by atoms with van der Waals surface area (Å²) in [6.07, 6.45) is 2.24. The maximum atomic E-state index is 10.5. The summed E-state index contributed by atoms with van der Waals surface area (Å²) in [7, 11) is 0. The first-order valence-corrected chi connectivity index (χ1v) is 4.06. The van der Waals surface area contributed by atoms with Crippen molar-refractivity contribution in [2.75, 3.05) is 12.5 Å². The molecule has 0 bridgehead atoms. The van der Waals surface area contributed by atoms with Crippen LogP contribution in [0.15, 0.2) is 0 Å². The van der Waals surface area contributed by atoms with Crippen molar-refractivity contribution < 1.29 is 9.53 Å². The van der Waals surface area contributed by atoms with Crippen LogP contribution in [-0.4, -0.2) is 18.5 Å². The zero-order valence-corrected chi connectivity index (χ0v) is 6.99. The topological polar surface area (TPSA) is 26.3 Å². The van der Waals surface area contributed by atoms with Gasteiger partial charge in [-0.1, -0.05) is 6.92 Å². The van der Waals surface area contributed by atoms with Gasteiger partial charge in [-0.3, -0.25) is 4.79 Å². The maximum absolute atomic E-state index is 10.5. The molecule has 0 radical (unpaired) electrons. The molecule has 0 heterocycles. The largest absolute Gasteiger partial charge is 0.466 e. The number of unbranched alkanes of at least 4 members (excludes halogenated alkanes) is 1. The summed E-state index contributed by atoms with van der Waals surface area (Å²) in [5.74, 6) is 0.513. The fourth-order valence-electron chi connectivity index (χ4n) is 0.485. The van der Waals surface area contributed by atoms with Gasteiger partial charge in [0.1, 0.15) is 0 Å². The van der Waals surface area contributed by atoms with Gasteiger partial charge in [-0.2, -0.15) is 0 Å². The lowest BCUT2D eigenvalue weighted by Gasteiger charge is -2.00. The predicted molar refractivity (Wildman–Crippen MR) is 41.2 cm³/mol. The van der Waals surface area contributed by atoms with Crippen LogP contribution in [0.2, 0.25) is 0 Å². The van der Waals surface area contributed by atoms with E-state index in [1.54, 1.807) is 6.92 Å². The number of carbonyl (C=O) groups excluding carboxylic acids is 1. The minimum atomic E-state index is -0.130. The SMILES string of the molecule is CCC(=O)OCCCCCl. The van der Waals surface area contributed by atoms with E-state index in [-0.39, 0.29) is 5.97 Å². The van der Waals surface area contributed by atoms with Crippen LogP contribution in [0.3, 0.4) is 0 Å². The molecule has 0 fully saturated rings. The van der Waals surface area contributed by atoms with Crippen molar-refractivity contribution in [2.45, 2.75) is 26.2 Å². The molecular formula is C7H13ClO2. The summed E-state index contributed by atoms with van der Waals surface area (Å²) >= 11 is 5.41. The van der Waals surface area contributed by atoms with Gasteiger partial charge >= 0.3 is 5.97 Å². The number of esters is 1. The molecule has 0 aromatic heterocycles. The quantitative estimate of drug-likeness (QED) is 0.353. The van der Waals surface area contributed by atoms with Gasteiger partial charge in [0.2, 0.25) is 0 Å². The molecule has 0 aliphatic heterocycles. The Hall–Kier alpha value is -0.240. The molecule has 0 amide bonds. The van der Waals surface area contributed by atoms with Crippen LogP contribution in [-0.2, 0) is 9.53 Å². The third kappa shape index (κ3) is 5.89. The Morgan fingerprint density at radius 3 is 2.70 bits per heavy atom. The van der Waals surface area contributed by atoms with E-state index in [9.17, 15) is 4.79 Å². The number of hydrogen-bond donors (Lipinski definition) is 0. The molecule has 0 atom stereocenters. The van der Waals surface area contributed by atoms with Crippen LogP contribution in [0.4, 0.5) is 0 Å². The van der Waals surface area contributed by atoms with Gasteiger partial charge in [-0.15, -0.1) is 11.6 Å². The molecule has 0 spiro atoms. The normalized spacial score (nSPS) is 9.40. The van der Waals surface area contributed by atoms with Crippen molar-refractivity contribution in [3.63, 3.8) is 0 Å². The van der Waals surface area contributed by atoms with E-state index >= 15 is 0 Å². The van der Waals surface area contributed by atoms with Crippen molar-refractivity contribution in [1.29, 1.82) is 0 Å². The van der Waals surface area contributed by atoms with Crippen LogP contribution in [0.1, 0.15) is 26.2 Å². The molecule has 0 saturated carbocycles. The van der Waals surface area contributed by atoms with Gasteiger partial charge in [0, 0.05) is 12.3 Å². The van der Waals surface area contributed by atoms with E-state index in [0.29, 0.717) is 18.9 Å². The van der Waals surface area contributed by atoms with Crippen LogP contribution < -0.4 is 0 Å². The van der Waals surface area contributed by atoms with Gasteiger partial charge in [-0.05, 0) is 12.8 Å². The highest BCUT2D eigenvalue weighted by Gasteiger charge is 1.95. The highest BCUT2D eigenvalue weighted by atomic mass is 35.5. The van der Waals surface area contributed by atoms with Gasteiger partial charge in [-0.25, -0.2) is 0 Å². The van der Waals surface area contributed by atoms with Gasteiger partial charge in [0.15, 0.2) is 0 Å². The van der Waals surface area contributed by atoms with Crippen LogP contribution in [0.5, 0.6) is 0 Å². The second-order valence-electron chi connectivity index (χ2n) is 1.97. The van der Waals surface area contributed by atoms with Crippen molar-refractivity contribution in [3.8, 4) is 0 Å². The molecular weight excluding hydrogens is 152 g/mol. The summed E-state index contributed by atoms with van der Waals surface area (Å²) < 4.78 is 4.80. The van der Waals surface area contributed by atoms with E-state index in [1.165, 1.54) is 0 Å². The van der Waals surface area contributed by atoms with Gasteiger partial charge in [0.25, 0.3) is 0 Å². The molecule has 0 rings (SSSR count). The molecule has 0 saturated heterocycles. The molecule has 0 aromatic carbocycles. The molecule has 10 heavy (non-hydrogen) atoms. The number of hydrogen-bond acceptors (Lipinski definition) is 2. The molecule has 2 nitrogen and oxygen atoms in total. The van der Waals surface area contributed by atoms with E-state index in [2.05, 4.69) is 0 Å². The van der Waals surface area contributed by atoms with Gasteiger partial charge < -0.3 is 4.74 Å². The summed E-state index contributed by atoms with van der Waals surface area (Å²) in [5.41, 5.74) is 0. The van der Waals surface area contributed by atoms with E-state index < -0.39 is 0 Å². The molecule has 60 valence electrons. The number of carbonyl (C=O) groups is 1. The molecule has 0 aliphatic carbocycles. The summed E-state index contributed by atoms with van der Waals surface area (Å²) in [4.78, 5) is 10.5. The lowest BCUT2D eigenvalue weighted by molar-refractivity contribution is -0.143. The average Bonchev–Trinajstić information content (AvgIpc) is 1.98. The average molecular weight is 165 g/mol. The van der Waals surface area contributed by atoms with E-state index in [4.69, 9.17) is 16.3 Å². The van der Waals surface area contributed by atoms with E-state index in [1.807, 2.05) is 0 Å². The monoisotopic (exact) mass is 164 g/mol. The first-order chi connectivity index (χ1) is 4.81. The second kappa shape index (κ2) is 6.87. The van der Waals surface area contributed by atoms with Crippen LogP contribution in [0, 0.1) is 0 Å². The second-order valence-corrected chi connectivity index (χ2v) is 2.35. The van der Waals surface area contributed by atoms with Crippen molar-refractivity contribution in [1.82, 2.24) is 0 Å². The third-order valence-corrected chi connectivity index (χ3v) is 1.35. The lowest BCUT2D eigenvalue weighted by atomic mass is 10.3. The zero-order valence-electron chi connectivity index (χ0n) is 6.23. The Balaban J connectivity index is 2.96. The molecule has 0 N–H and O–H groups in total. The summed E-state index contributed by atoms with van der Waals surface area (Å²) in [6, 6.07) is 0. The highest BCUT2D eigenvalue weighted by Crippen LogP contribution is 1.93. The minimum Gasteiger partial charge on any atom is -0.466 e.